The van der Waals surface area contributed by atoms with Crippen LogP contribution >= 0.6 is 0 Å². The number of aliphatic carboxylic acids is 1. The van der Waals surface area contributed by atoms with E-state index in [1.54, 1.807) is 18.5 Å². The van der Waals surface area contributed by atoms with Crippen LogP contribution < -0.4 is 0 Å². The number of carboxylic acid groups (broad SMARTS) is 1. The number of hydrogen-bond donors (Lipinski definition) is 1. The van der Waals surface area contributed by atoms with E-state index in [0.29, 0.717) is 12.2 Å². The predicted octanol–water partition coefficient (Wildman–Crippen LogP) is 1.68. The first-order valence-electron chi connectivity index (χ1n) is 6.43. The van der Waals surface area contributed by atoms with Crippen LogP contribution in [0.5, 0.6) is 0 Å². The number of nitrogens with zero attached hydrogens (tertiary/aromatic N) is 4. The maximum atomic E-state index is 11.2. The molecule has 1 heterocycles. The molecule has 20 heavy (non-hydrogen) atoms. The van der Waals surface area contributed by atoms with Crippen molar-refractivity contribution in [2.45, 2.75) is 33.7 Å². The van der Waals surface area contributed by atoms with Crippen molar-refractivity contribution in [1.29, 1.82) is 0 Å². The van der Waals surface area contributed by atoms with E-state index >= 15 is 0 Å². The van der Waals surface area contributed by atoms with Crippen LogP contribution in [0.4, 0.5) is 0 Å². The molecule has 6 heteroatoms. The summed E-state index contributed by atoms with van der Waals surface area (Å²) in [6.45, 7) is 5.60. The van der Waals surface area contributed by atoms with Gasteiger partial charge in [-0.3, -0.25) is 4.79 Å². The fourth-order valence-corrected chi connectivity index (χ4v) is 1.89. The molecule has 0 saturated heterocycles. The van der Waals surface area contributed by atoms with Gasteiger partial charge in [-0.1, -0.05) is 24.3 Å². The standard InChI is InChI=1S/C14H18N4O2/c1-10-6-4-5-7-11(10)8-12-15-16-17-18(12)9-14(2,3)13(19)20/h4-7H,8-9H2,1-3H3,(H,19,20). The molecule has 0 saturated carbocycles. The van der Waals surface area contributed by atoms with Gasteiger partial charge in [0.1, 0.15) is 0 Å². The molecule has 2 rings (SSSR count). The molecule has 0 amide bonds. The first kappa shape index (κ1) is 14.2. The van der Waals surface area contributed by atoms with E-state index in [1.165, 1.54) is 5.56 Å². The average molecular weight is 274 g/mol. The zero-order valence-corrected chi connectivity index (χ0v) is 11.9. The van der Waals surface area contributed by atoms with Crippen LogP contribution in [0.1, 0.15) is 30.8 Å². The van der Waals surface area contributed by atoms with Gasteiger partial charge < -0.3 is 5.11 Å². The van der Waals surface area contributed by atoms with E-state index in [0.717, 1.165) is 5.56 Å². The predicted molar refractivity (Wildman–Crippen MR) is 73.2 cm³/mol. The minimum Gasteiger partial charge on any atom is -0.481 e. The molecule has 0 aliphatic rings. The first-order valence-corrected chi connectivity index (χ1v) is 6.43. The summed E-state index contributed by atoms with van der Waals surface area (Å²) in [7, 11) is 0. The van der Waals surface area contributed by atoms with Crippen LogP contribution in [0.3, 0.4) is 0 Å². The molecule has 6 nitrogen and oxygen atoms in total. The molecule has 0 radical (unpaired) electrons. The lowest BCUT2D eigenvalue weighted by molar-refractivity contribution is -0.147. The Labute approximate surface area is 117 Å². The number of carbonyl (C=O) groups is 1. The van der Waals surface area contributed by atoms with Gasteiger partial charge in [0.25, 0.3) is 0 Å². The molecule has 0 unspecified atom stereocenters. The molecule has 1 aromatic carbocycles. The van der Waals surface area contributed by atoms with Gasteiger partial charge in [-0.15, -0.1) is 5.10 Å². The largest absolute Gasteiger partial charge is 0.481 e. The lowest BCUT2D eigenvalue weighted by Crippen LogP contribution is -2.30. The highest BCUT2D eigenvalue weighted by Gasteiger charge is 2.29. The van der Waals surface area contributed by atoms with E-state index < -0.39 is 11.4 Å². The monoisotopic (exact) mass is 274 g/mol. The number of carboxylic acids is 1. The summed E-state index contributed by atoms with van der Waals surface area (Å²) < 4.78 is 1.57. The van der Waals surface area contributed by atoms with Gasteiger partial charge in [-0.2, -0.15) is 0 Å². The summed E-state index contributed by atoms with van der Waals surface area (Å²) in [5.41, 5.74) is 1.40. The summed E-state index contributed by atoms with van der Waals surface area (Å²) in [6, 6.07) is 8.01. The third kappa shape index (κ3) is 3.01. The Balaban J connectivity index is 2.22. The molecule has 0 aliphatic heterocycles. The summed E-state index contributed by atoms with van der Waals surface area (Å²) in [6.07, 6.45) is 0.593. The Morgan fingerprint density at radius 2 is 2.05 bits per heavy atom. The van der Waals surface area contributed by atoms with Crippen LogP contribution in [0.2, 0.25) is 0 Å². The van der Waals surface area contributed by atoms with Crippen LogP contribution in [0, 0.1) is 12.3 Å². The maximum absolute atomic E-state index is 11.2. The minimum atomic E-state index is -0.907. The average Bonchev–Trinajstić information content (AvgIpc) is 2.79. The lowest BCUT2D eigenvalue weighted by atomic mass is 9.94. The third-order valence-corrected chi connectivity index (χ3v) is 3.34. The van der Waals surface area contributed by atoms with Gasteiger partial charge in [-0.25, -0.2) is 4.68 Å². The quantitative estimate of drug-likeness (QED) is 0.897. The number of tetrazole rings is 1. The van der Waals surface area contributed by atoms with Crippen molar-refractivity contribution < 1.29 is 9.90 Å². The van der Waals surface area contributed by atoms with Gasteiger partial charge in [0.05, 0.1) is 12.0 Å². The van der Waals surface area contributed by atoms with Gasteiger partial charge >= 0.3 is 5.97 Å². The zero-order chi connectivity index (χ0) is 14.8. The highest BCUT2D eigenvalue weighted by molar-refractivity contribution is 5.73. The summed E-state index contributed by atoms with van der Waals surface area (Å²) in [4.78, 5) is 11.2. The molecule has 0 bridgehead atoms. The highest BCUT2D eigenvalue weighted by Crippen LogP contribution is 2.19. The fraction of sp³-hybridized carbons (Fsp3) is 0.429. The second-order valence-electron chi connectivity index (χ2n) is 5.55. The first-order chi connectivity index (χ1) is 9.40. The third-order valence-electron chi connectivity index (χ3n) is 3.34. The Morgan fingerprint density at radius 3 is 2.70 bits per heavy atom. The molecular formula is C14H18N4O2. The zero-order valence-electron chi connectivity index (χ0n) is 11.9. The van der Waals surface area contributed by atoms with Gasteiger partial charge in [0.2, 0.25) is 0 Å². The van der Waals surface area contributed by atoms with E-state index in [1.807, 2.05) is 31.2 Å². The molecule has 1 N–H and O–H groups in total. The fourth-order valence-electron chi connectivity index (χ4n) is 1.89. The van der Waals surface area contributed by atoms with Crippen LogP contribution in [-0.4, -0.2) is 31.3 Å². The topological polar surface area (TPSA) is 80.9 Å². The van der Waals surface area contributed by atoms with Crippen molar-refractivity contribution in [3.63, 3.8) is 0 Å². The highest BCUT2D eigenvalue weighted by atomic mass is 16.4. The lowest BCUT2D eigenvalue weighted by Gasteiger charge is -2.19. The normalized spacial score (nSPS) is 11.6. The molecule has 2 aromatic rings. The van der Waals surface area contributed by atoms with Crippen molar-refractivity contribution in [2.24, 2.45) is 5.41 Å². The van der Waals surface area contributed by atoms with E-state index in [4.69, 9.17) is 0 Å². The van der Waals surface area contributed by atoms with Crippen LogP contribution in [-0.2, 0) is 17.8 Å². The van der Waals surface area contributed by atoms with E-state index in [2.05, 4.69) is 15.5 Å². The van der Waals surface area contributed by atoms with E-state index in [9.17, 15) is 9.90 Å². The molecule has 0 aliphatic carbocycles. The molecule has 1 aromatic heterocycles. The molecule has 0 atom stereocenters. The minimum absolute atomic E-state index is 0.247. The summed E-state index contributed by atoms with van der Waals surface area (Å²) >= 11 is 0. The molecule has 106 valence electrons. The number of hydrogen-bond acceptors (Lipinski definition) is 4. The van der Waals surface area contributed by atoms with Gasteiger partial charge in [-0.05, 0) is 42.3 Å². The van der Waals surface area contributed by atoms with Crippen LogP contribution in [0.15, 0.2) is 24.3 Å². The Kier molecular flexibility index (Phi) is 3.83. The second-order valence-corrected chi connectivity index (χ2v) is 5.55. The Bertz CT molecular complexity index is 619. The van der Waals surface area contributed by atoms with Crippen molar-refractivity contribution in [2.75, 3.05) is 0 Å². The van der Waals surface area contributed by atoms with Crippen molar-refractivity contribution in [1.82, 2.24) is 20.2 Å². The number of aromatic nitrogens is 4. The van der Waals surface area contributed by atoms with Crippen molar-refractivity contribution in [3.05, 3.63) is 41.2 Å². The smallest absolute Gasteiger partial charge is 0.310 e. The Morgan fingerprint density at radius 1 is 1.35 bits per heavy atom. The summed E-state index contributed by atoms with van der Waals surface area (Å²) in [5, 5.41) is 20.8. The Hall–Kier alpha value is -2.24. The SMILES string of the molecule is Cc1ccccc1Cc1nnnn1CC(C)(C)C(=O)O. The summed E-state index contributed by atoms with van der Waals surface area (Å²) in [5.74, 6) is -0.191. The van der Waals surface area contributed by atoms with Crippen molar-refractivity contribution in [3.8, 4) is 0 Å². The van der Waals surface area contributed by atoms with Gasteiger partial charge in [0, 0.05) is 6.42 Å². The number of rotatable bonds is 5. The van der Waals surface area contributed by atoms with Gasteiger partial charge in [0.15, 0.2) is 5.82 Å². The second kappa shape index (κ2) is 5.40. The van der Waals surface area contributed by atoms with Crippen LogP contribution in [0.25, 0.3) is 0 Å². The molecular weight excluding hydrogens is 256 g/mol. The maximum Gasteiger partial charge on any atom is 0.310 e. The number of aryl methyl sites for hydroxylation is 1. The van der Waals surface area contributed by atoms with E-state index in [-0.39, 0.29) is 6.54 Å². The van der Waals surface area contributed by atoms with Crippen molar-refractivity contribution >= 4 is 5.97 Å². The molecule has 0 spiro atoms. The number of benzene rings is 1. The molecule has 0 fully saturated rings.